The van der Waals surface area contributed by atoms with Crippen LogP contribution in [0, 0.1) is 0 Å². The standard InChI is InChI=1S/C55H34N6O/c1-3-12-35(13-4-1)36-24-28-40(29-25-36)53-56-34-51-52(60-53)46-31-42(33-57-55(46)62-51)37-22-26-38(27-23-37)47-32-48(59-54(58-47)39-14-5-2-6-15-39)41-16-11-17-43(30-41)61-49-20-9-7-18-44(49)45-19-8-10-21-50(45)61/h1-34H. The fraction of sp³-hybridized carbons (Fsp3) is 0. The highest BCUT2D eigenvalue weighted by molar-refractivity contribution is 6.09. The van der Waals surface area contributed by atoms with Crippen LogP contribution in [0.2, 0.25) is 0 Å². The number of hydrogen-bond acceptors (Lipinski definition) is 6. The van der Waals surface area contributed by atoms with E-state index in [9.17, 15) is 0 Å². The molecule has 0 aliphatic carbocycles. The Morgan fingerprint density at radius 2 is 0.903 bits per heavy atom. The van der Waals surface area contributed by atoms with E-state index in [4.69, 9.17) is 24.4 Å². The van der Waals surface area contributed by atoms with Gasteiger partial charge in [0.1, 0.15) is 5.52 Å². The van der Waals surface area contributed by atoms with Gasteiger partial charge in [-0.25, -0.2) is 24.9 Å². The third-order valence-corrected chi connectivity index (χ3v) is 11.6. The van der Waals surface area contributed by atoms with Gasteiger partial charge in [-0.05, 0) is 53.1 Å². The zero-order chi connectivity index (χ0) is 41.0. The lowest BCUT2D eigenvalue weighted by Crippen LogP contribution is -1.97. The van der Waals surface area contributed by atoms with Crippen molar-refractivity contribution in [1.29, 1.82) is 0 Å². The molecule has 0 atom stereocenters. The number of aromatic nitrogens is 6. The van der Waals surface area contributed by atoms with Crippen LogP contribution < -0.4 is 0 Å². The minimum absolute atomic E-state index is 0.524. The summed E-state index contributed by atoms with van der Waals surface area (Å²) in [6.45, 7) is 0. The third kappa shape index (κ3) is 6.19. The highest BCUT2D eigenvalue weighted by atomic mass is 16.3. The zero-order valence-electron chi connectivity index (χ0n) is 33.2. The minimum atomic E-state index is 0.524. The molecule has 12 aromatic rings. The molecule has 0 N–H and O–H groups in total. The molecule has 0 saturated carbocycles. The van der Waals surface area contributed by atoms with Crippen LogP contribution in [0.15, 0.2) is 211 Å². The van der Waals surface area contributed by atoms with Crippen LogP contribution in [-0.2, 0) is 0 Å². The Bertz CT molecular complexity index is 3560. The average Bonchev–Trinajstić information content (AvgIpc) is 3.90. The van der Waals surface area contributed by atoms with Gasteiger partial charge < -0.3 is 8.98 Å². The highest BCUT2D eigenvalue weighted by Gasteiger charge is 2.17. The first kappa shape index (κ1) is 35.4. The maximum atomic E-state index is 6.10. The van der Waals surface area contributed by atoms with Gasteiger partial charge in [-0.1, -0.05) is 158 Å². The topological polar surface area (TPSA) is 82.5 Å². The molecule has 0 bridgehead atoms. The molecule has 5 heterocycles. The SMILES string of the molecule is c1ccc(-c2ccc(-c3ncc4oc5ncc(-c6ccc(-c7cc(-c8cccc(-n9c%10ccccc%10c%10ccccc%109)c8)nc(-c8ccccc8)n7)cc6)cc5c4n3)cc2)cc1. The van der Waals surface area contributed by atoms with Crippen molar-refractivity contribution in [2.45, 2.75) is 0 Å². The lowest BCUT2D eigenvalue weighted by Gasteiger charge is -2.12. The predicted molar refractivity (Wildman–Crippen MR) is 250 cm³/mol. The van der Waals surface area contributed by atoms with E-state index in [-0.39, 0.29) is 0 Å². The Morgan fingerprint density at radius 3 is 1.61 bits per heavy atom. The lowest BCUT2D eigenvalue weighted by atomic mass is 10.0. The Morgan fingerprint density at radius 1 is 0.355 bits per heavy atom. The maximum absolute atomic E-state index is 6.10. The number of rotatable bonds is 7. The van der Waals surface area contributed by atoms with E-state index in [0.717, 1.165) is 78.0 Å². The number of pyridine rings is 1. The molecule has 62 heavy (non-hydrogen) atoms. The van der Waals surface area contributed by atoms with Crippen LogP contribution >= 0.6 is 0 Å². The van der Waals surface area contributed by atoms with Crippen LogP contribution in [0.25, 0.3) is 117 Å². The summed E-state index contributed by atoms with van der Waals surface area (Å²) in [6, 6.07) is 67.2. The van der Waals surface area contributed by atoms with Crippen LogP contribution in [-0.4, -0.2) is 29.5 Å². The minimum Gasteiger partial charge on any atom is -0.434 e. The van der Waals surface area contributed by atoms with Crippen molar-refractivity contribution < 1.29 is 4.42 Å². The molecule has 0 unspecified atom stereocenters. The Balaban J connectivity index is 0.898. The molecule has 0 saturated heterocycles. The van der Waals surface area contributed by atoms with Gasteiger partial charge in [-0.3, -0.25) is 0 Å². The molecule has 7 aromatic carbocycles. The van der Waals surface area contributed by atoms with Crippen molar-refractivity contribution in [3.63, 3.8) is 0 Å². The summed E-state index contributed by atoms with van der Waals surface area (Å²) < 4.78 is 8.43. The third-order valence-electron chi connectivity index (χ3n) is 11.6. The highest BCUT2D eigenvalue weighted by Crippen LogP contribution is 2.36. The van der Waals surface area contributed by atoms with Gasteiger partial charge in [-0.15, -0.1) is 0 Å². The molecule has 12 rings (SSSR count). The average molecular weight is 795 g/mol. The Hall–Kier alpha value is -8.55. The molecule has 0 spiro atoms. The number of furan rings is 1. The van der Waals surface area contributed by atoms with E-state index in [1.165, 1.54) is 16.3 Å². The van der Waals surface area contributed by atoms with E-state index >= 15 is 0 Å². The number of benzene rings is 7. The summed E-state index contributed by atoms with van der Waals surface area (Å²) >= 11 is 0. The lowest BCUT2D eigenvalue weighted by molar-refractivity contribution is 0.651. The van der Waals surface area contributed by atoms with Gasteiger partial charge in [0.25, 0.3) is 0 Å². The van der Waals surface area contributed by atoms with Gasteiger partial charge in [0.2, 0.25) is 5.71 Å². The number of para-hydroxylation sites is 2. The van der Waals surface area contributed by atoms with E-state index in [0.29, 0.717) is 22.9 Å². The second kappa shape index (κ2) is 14.6. The van der Waals surface area contributed by atoms with Crippen molar-refractivity contribution in [1.82, 2.24) is 29.5 Å². The normalized spacial score (nSPS) is 11.5. The van der Waals surface area contributed by atoms with E-state index in [1.54, 1.807) is 6.20 Å². The van der Waals surface area contributed by atoms with Gasteiger partial charge in [0.05, 0.1) is 34.0 Å². The van der Waals surface area contributed by atoms with Crippen molar-refractivity contribution in [2.24, 2.45) is 0 Å². The molecular weight excluding hydrogens is 761 g/mol. The smallest absolute Gasteiger partial charge is 0.229 e. The second-order valence-corrected chi connectivity index (χ2v) is 15.4. The summed E-state index contributed by atoms with van der Waals surface area (Å²) in [5.41, 5.74) is 15.1. The molecule has 0 fully saturated rings. The largest absolute Gasteiger partial charge is 0.434 e. The van der Waals surface area contributed by atoms with E-state index in [1.807, 2.05) is 42.6 Å². The molecule has 0 aliphatic heterocycles. The maximum Gasteiger partial charge on any atom is 0.229 e. The van der Waals surface area contributed by atoms with Gasteiger partial charge in [-0.2, -0.15) is 0 Å². The summed E-state index contributed by atoms with van der Waals surface area (Å²) in [4.78, 5) is 24.6. The molecule has 7 heteroatoms. The molecular formula is C55H34N6O. The first-order valence-corrected chi connectivity index (χ1v) is 20.6. The van der Waals surface area contributed by atoms with Crippen molar-refractivity contribution in [2.75, 3.05) is 0 Å². The predicted octanol–water partition coefficient (Wildman–Crippen LogP) is 13.7. The Kier molecular flexibility index (Phi) is 8.35. The summed E-state index contributed by atoms with van der Waals surface area (Å²) in [5.74, 6) is 1.30. The van der Waals surface area contributed by atoms with Crippen LogP contribution in [0.3, 0.4) is 0 Å². The van der Waals surface area contributed by atoms with Crippen molar-refractivity contribution >= 4 is 44.0 Å². The zero-order valence-corrected chi connectivity index (χ0v) is 33.2. The summed E-state index contributed by atoms with van der Waals surface area (Å²) in [6.07, 6.45) is 3.58. The second-order valence-electron chi connectivity index (χ2n) is 15.4. The molecule has 290 valence electrons. The molecule has 0 radical (unpaired) electrons. The molecule has 0 amide bonds. The molecule has 0 aliphatic rings. The van der Waals surface area contributed by atoms with Crippen LogP contribution in [0.5, 0.6) is 0 Å². The number of nitrogens with zero attached hydrogens (tertiary/aromatic N) is 6. The van der Waals surface area contributed by atoms with Crippen LogP contribution in [0.4, 0.5) is 0 Å². The first-order chi connectivity index (χ1) is 30.7. The fourth-order valence-electron chi connectivity index (χ4n) is 8.48. The fourth-order valence-corrected chi connectivity index (χ4v) is 8.48. The molecule has 7 nitrogen and oxygen atoms in total. The van der Waals surface area contributed by atoms with E-state index < -0.39 is 0 Å². The summed E-state index contributed by atoms with van der Waals surface area (Å²) in [5, 5.41) is 3.29. The van der Waals surface area contributed by atoms with Crippen LogP contribution in [0.1, 0.15) is 0 Å². The number of fused-ring (bicyclic) bond motifs is 6. The van der Waals surface area contributed by atoms with Crippen molar-refractivity contribution in [3.8, 4) is 73.2 Å². The molecule has 5 aromatic heterocycles. The quantitative estimate of drug-likeness (QED) is 0.160. The number of hydrogen-bond donors (Lipinski definition) is 0. The first-order valence-electron chi connectivity index (χ1n) is 20.6. The van der Waals surface area contributed by atoms with Gasteiger partial charge >= 0.3 is 0 Å². The van der Waals surface area contributed by atoms with Gasteiger partial charge in [0.15, 0.2) is 17.2 Å². The monoisotopic (exact) mass is 794 g/mol. The summed E-state index contributed by atoms with van der Waals surface area (Å²) in [7, 11) is 0. The Labute approximate surface area is 356 Å². The van der Waals surface area contributed by atoms with E-state index in [2.05, 4.69) is 167 Å². The van der Waals surface area contributed by atoms with Gasteiger partial charge in [0, 0.05) is 50.5 Å². The van der Waals surface area contributed by atoms with Crippen molar-refractivity contribution in [3.05, 3.63) is 207 Å².